The fourth-order valence-corrected chi connectivity index (χ4v) is 1.68. The minimum absolute atomic E-state index is 0.404. The number of anilines is 1. The molecule has 0 aliphatic carbocycles. The Bertz CT molecular complexity index is 462. The highest BCUT2D eigenvalue weighted by Crippen LogP contribution is 2.28. The van der Waals surface area contributed by atoms with Crippen LogP contribution in [0.5, 0.6) is 0 Å². The van der Waals surface area contributed by atoms with Crippen LogP contribution in [0.2, 0.25) is 0 Å². The van der Waals surface area contributed by atoms with Crippen molar-refractivity contribution in [3.63, 3.8) is 0 Å². The second-order valence-corrected chi connectivity index (χ2v) is 3.69. The van der Waals surface area contributed by atoms with E-state index in [2.05, 4.69) is 6.58 Å². The van der Waals surface area contributed by atoms with E-state index in [4.69, 9.17) is 0 Å². The molecule has 1 aliphatic heterocycles. The lowest BCUT2D eigenvalue weighted by Crippen LogP contribution is -2.30. The number of carbonyl (C=O) groups excluding carboxylic acids is 2. The Labute approximate surface area is 88.0 Å². The van der Waals surface area contributed by atoms with Crippen molar-refractivity contribution in [2.24, 2.45) is 0 Å². The van der Waals surface area contributed by atoms with Gasteiger partial charge in [-0.15, -0.1) is 0 Å². The number of nitrogens with zero attached hydrogens (tertiary/aromatic N) is 1. The molecule has 1 aromatic carbocycles. The number of hydrogen-bond donors (Lipinski definition) is 0. The lowest BCUT2D eigenvalue weighted by Gasteiger charge is -2.15. The molecule has 0 saturated heterocycles. The van der Waals surface area contributed by atoms with Crippen molar-refractivity contribution >= 4 is 17.4 Å². The quantitative estimate of drug-likeness (QED) is 0.540. The fraction of sp³-hybridized carbons (Fsp3) is 0.167. The van der Waals surface area contributed by atoms with Gasteiger partial charge in [-0.1, -0.05) is 24.3 Å². The molecular weight excluding hydrogens is 190 g/mol. The van der Waals surface area contributed by atoms with Crippen LogP contribution in [-0.4, -0.2) is 18.2 Å². The first-order valence-electron chi connectivity index (χ1n) is 4.71. The van der Waals surface area contributed by atoms with Gasteiger partial charge in [0.15, 0.2) is 0 Å². The Morgan fingerprint density at radius 2 is 2.00 bits per heavy atom. The number of fused-ring (bicyclic) bond motifs is 1. The molecule has 1 heterocycles. The van der Waals surface area contributed by atoms with Gasteiger partial charge in [0, 0.05) is 6.54 Å². The zero-order valence-corrected chi connectivity index (χ0v) is 8.49. The third-order valence-electron chi connectivity index (χ3n) is 2.31. The minimum Gasteiger partial charge on any atom is -0.301 e. The molecule has 0 radical (unpaired) electrons. The van der Waals surface area contributed by atoms with E-state index in [0.717, 1.165) is 5.57 Å². The average molecular weight is 201 g/mol. The maximum Gasteiger partial charge on any atom is 0.299 e. The lowest BCUT2D eigenvalue weighted by atomic mass is 10.1. The molecule has 3 nitrogen and oxygen atoms in total. The smallest absolute Gasteiger partial charge is 0.299 e. The van der Waals surface area contributed by atoms with Gasteiger partial charge >= 0.3 is 0 Å². The molecule has 1 aliphatic rings. The highest BCUT2D eigenvalue weighted by molar-refractivity contribution is 6.52. The summed E-state index contributed by atoms with van der Waals surface area (Å²) in [6.45, 7) is 5.98. The van der Waals surface area contributed by atoms with Crippen molar-refractivity contribution in [1.82, 2.24) is 0 Å². The van der Waals surface area contributed by atoms with Crippen molar-refractivity contribution in [2.75, 3.05) is 11.4 Å². The van der Waals surface area contributed by atoms with Crippen LogP contribution in [0.1, 0.15) is 17.3 Å². The summed E-state index contributed by atoms with van der Waals surface area (Å²) in [6.07, 6.45) is 0. The van der Waals surface area contributed by atoms with Gasteiger partial charge in [0.05, 0.1) is 11.3 Å². The summed E-state index contributed by atoms with van der Waals surface area (Å²) in [7, 11) is 0. The van der Waals surface area contributed by atoms with Crippen molar-refractivity contribution in [3.8, 4) is 0 Å². The molecule has 2 rings (SSSR count). The number of ketones is 1. The highest BCUT2D eigenvalue weighted by Gasteiger charge is 2.34. The molecule has 1 amide bonds. The zero-order chi connectivity index (χ0) is 11.0. The molecule has 3 heteroatoms. The molecule has 0 saturated carbocycles. The number of amides is 1. The molecule has 15 heavy (non-hydrogen) atoms. The third-order valence-corrected chi connectivity index (χ3v) is 2.31. The number of carbonyl (C=O) groups is 2. The number of hydrogen-bond acceptors (Lipinski definition) is 2. The van der Waals surface area contributed by atoms with Crippen molar-refractivity contribution in [2.45, 2.75) is 6.92 Å². The Morgan fingerprint density at radius 1 is 1.33 bits per heavy atom. The average Bonchev–Trinajstić information content (AvgIpc) is 2.44. The zero-order valence-electron chi connectivity index (χ0n) is 8.49. The number of Topliss-reactive ketones (excluding diaryl/α,β-unsaturated/α-hetero) is 1. The van der Waals surface area contributed by atoms with E-state index in [9.17, 15) is 9.59 Å². The Balaban J connectivity index is 2.47. The van der Waals surface area contributed by atoms with Crippen molar-refractivity contribution in [1.29, 1.82) is 0 Å². The number of para-hydroxylation sites is 1. The molecule has 0 fully saturated rings. The molecule has 0 spiro atoms. The van der Waals surface area contributed by atoms with E-state index in [1.54, 1.807) is 18.2 Å². The number of benzene rings is 1. The molecule has 0 aromatic heterocycles. The van der Waals surface area contributed by atoms with Gasteiger partial charge in [0.25, 0.3) is 11.7 Å². The fourth-order valence-electron chi connectivity index (χ4n) is 1.68. The van der Waals surface area contributed by atoms with Crippen LogP contribution in [-0.2, 0) is 4.79 Å². The van der Waals surface area contributed by atoms with E-state index in [-0.39, 0.29) is 0 Å². The maximum absolute atomic E-state index is 11.6. The predicted molar refractivity (Wildman–Crippen MR) is 57.9 cm³/mol. The van der Waals surface area contributed by atoms with Gasteiger partial charge in [-0.3, -0.25) is 9.59 Å². The van der Waals surface area contributed by atoms with Gasteiger partial charge in [-0.05, 0) is 19.1 Å². The van der Waals surface area contributed by atoms with E-state index < -0.39 is 11.7 Å². The largest absolute Gasteiger partial charge is 0.301 e. The Hall–Kier alpha value is -1.90. The third kappa shape index (κ3) is 1.46. The Kier molecular flexibility index (Phi) is 2.15. The lowest BCUT2D eigenvalue weighted by molar-refractivity contribution is -0.114. The van der Waals surface area contributed by atoms with Gasteiger partial charge in [0.1, 0.15) is 0 Å². The van der Waals surface area contributed by atoms with Crippen LogP contribution in [0, 0.1) is 0 Å². The topological polar surface area (TPSA) is 37.4 Å². The first-order valence-corrected chi connectivity index (χ1v) is 4.71. The van der Waals surface area contributed by atoms with Crippen molar-refractivity contribution < 1.29 is 9.59 Å². The Morgan fingerprint density at radius 3 is 2.67 bits per heavy atom. The summed E-state index contributed by atoms with van der Waals surface area (Å²) in [6, 6.07) is 7.03. The van der Waals surface area contributed by atoms with Crippen LogP contribution in [0.25, 0.3) is 0 Å². The molecular formula is C12H11NO2. The van der Waals surface area contributed by atoms with Crippen LogP contribution in [0.15, 0.2) is 36.4 Å². The maximum atomic E-state index is 11.6. The van der Waals surface area contributed by atoms with Gasteiger partial charge in [0.2, 0.25) is 0 Å². The minimum atomic E-state index is -0.459. The summed E-state index contributed by atoms with van der Waals surface area (Å²) in [5, 5.41) is 0. The summed E-state index contributed by atoms with van der Waals surface area (Å²) >= 11 is 0. The van der Waals surface area contributed by atoms with E-state index in [1.165, 1.54) is 4.90 Å². The first kappa shape index (κ1) is 9.65. The monoisotopic (exact) mass is 201 g/mol. The standard InChI is InChI=1S/C12H11NO2/c1-8(2)7-13-10-6-4-3-5-9(10)11(14)12(13)15/h3-6H,1,7H2,2H3. The van der Waals surface area contributed by atoms with Gasteiger partial charge in [-0.25, -0.2) is 0 Å². The summed E-state index contributed by atoms with van der Waals surface area (Å²) in [4.78, 5) is 24.7. The molecule has 1 aromatic rings. The number of rotatable bonds is 2. The summed E-state index contributed by atoms with van der Waals surface area (Å²) in [5.74, 6) is -0.883. The molecule has 0 atom stereocenters. The molecule has 0 N–H and O–H groups in total. The van der Waals surface area contributed by atoms with E-state index >= 15 is 0 Å². The van der Waals surface area contributed by atoms with Crippen LogP contribution in [0.3, 0.4) is 0 Å². The predicted octanol–water partition coefficient (Wildman–Crippen LogP) is 1.79. The van der Waals surface area contributed by atoms with Gasteiger partial charge in [-0.2, -0.15) is 0 Å². The highest BCUT2D eigenvalue weighted by atomic mass is 16.2. The van der Waals surface area contributed by atoms with Gasteiger partial charge < -0.3 is 4.90 Å². The SMILES string of the molecule is C=C(C)CN1C(=O)C(=O)c2ccccc21. The van der Waals surface area contributed by atoms with E-state index in [1.807, 2.05) is 13.0 Å². The van der Waals surface area contributed by atoms with Crippen molar-refractivity contribution in [3.05, 3.63) is 42.0 Å². The van der Waals surface area contributed by atoms with Crippen LogP contribution < -0.4 is 4.90 Å². The molecule has 76 valence electrons. The van der Waals surface area contributed by atoms with Crippen LogP contribution >= 0.6 is 0 Å². The molecule has 0 unspecified atom stereocenters. The summed E-state index contributed by atoms with van der Waals surface area (Å²) in [5.41, 5.74) is 2.03. The first-order chi connectivity index (χ1) is 7.11. The second-order valence-electron chi connectivity index (χ2n) is 3.69. The molecule has 0 bridgehead atoms. The normalized spacial score (nSPS) is 14.3. The summed E-state index contributed by atoms with van der Waals surface area (Å²) < 4.78 is 0. The van der Waals surface area contributed by atoms with Crippen LogP contribution in [0.4, 0.5) is 5.69 Å². The van der Waals surface area contributed by atoms with E-state index in [0.29, 0.717) is 17.8 Å². The second kappa shape index (κ2) is 3.35.